The molecule has 0 aromatic carbocycles. The molecule has 0 saturated carbocycles. The van der Waals surface area contributed by atoms with Crippen LogP contribution in [0.3, 0.4) is 0 Å². The summed E-state index contributed by atoms with van der Waals surface area (Å²) < 4.78 is 4.56. The highest BCUT2D eigenvalue weighted by Gasteiger charge is 2.38. The second-order valence-electron chi connectivity index (χ2n) is 3.25. The molecule has 0 aromatic rings. The van der Waals surface area contributed by atoms with Crippen molar-refractivity contribution in [1.82, 2.24) is 4.90 Å². The fourth-order valence-corrected chi connectivity index (χ4v) is 1.59. The monoisotopic (exact) mass is 187 g/mol. The quantitative estimate of drug-likeness (QED) is 0.594. The number of hydrogen-bond donors (Lipinski definition) is 1. The van der Waals surface area contributed by atoms with Crippen molar-refractivity contribution in [3.05, 3.63) is 0 Å². The second kappa shape index (κ2) is 3.74. The van der Waals surface area contributed by atoms with Gasteiger partial charge in [-0.1, -0.05) is 0 Å². The predicted molar refractivity (Wildman–Crippen MR) is 44.2 cm³/mol. The summed E-state index contributed by atoms with van der Waals surface area (Å²) in [4.78, 5) is 23.5. The van der Waals surface area contributed by atoms with E-state index in [1.165, 1.54) is 7.11 Å². The third kappa shape index (κ3) is 1.98. The average Bonchev–Trinajstić information content (AvgIpc) is 2.46. The van der Waals surface area contributed by atoms with Crippen molar-refractivity contribution < 1.29 is 19.4 Å². The van der Waals surface area contributed by atoms with E-state index in [1.54, 1.807) is 11.9 Å². The largest absolute Gasteiger partial charge is 0.481 e. The number of likely N-dealkylation sites (N-methyl/N-ethyl adjacent to an activating group) is 1. The van der Waals surface area contributed by atoms with E-state index in [-0.39, 0.29) is 5.97 Å². The molecule has 1 saturated heterocycles. The summed E-state index contributed by atoms with van der Waals surface area (Å²) in [6.45, 7) is 0.412. The van der Waals surface area contributed by atoms with Gasteiger partial charge in [-0.25, -0.2) is 0 Å². The zero-order chi connectivity index (χ0) is 10.0. The Labute approximate surface area is 76.3 Å². The average molecular weight is 187 g/mol. The molecule has 5 heteroatoms. The van der Waals surface area contributed by atoms with Gasteiger partial charge in [0.1, 0.15) is 6.04 Å². The Morgan fingerprint density at radius 3 is 2.54 bits per heavy atom. The van der Waals surface area contributed by atoms with Gasteiger partial charge in [-0.15, -0.1) is 0 Å². The van der Waals surface area contributed by atoms with E-state index in [4.69, 9.17) is 5.11 Å². The molecule has 1 fully saturated rings. The third-order valence-electron chi connectivity index (χ3n) is 2.37. The topological polar surface area (TPSA) is 66.8 Å². The number of carbonyl (C=O) groups excluding carboxylic acids is 1. The molecule has 5 nitrogen and oxygen atoms in total. The van der Waals surface area contributed by atoms with Crippen LogP contribution in [-0.2, 0) is 14.3 Å². The van der Waals surface area contributed by atoms with Gasteiger partial charge >= 0.3 is 11.9 Å². The molecule has 1 aliphatic heterocycles. The molecule has 0 spiro atoms. The SMILES string of the molecule is COC(=O)[C@@H]1C[C@H](C(=O)O)CN1C. The molecule has 0 unspecified atom stereocenters. The van der Waals surface area contributed by atoms with Gasteiger partial charge in [0, 0.05) is 6.54 Å². The lowest BCUT2D eigenvalue weighted by Gasteiger charge is -2.15. The minimum absolute atomic E-state index is 0.346. The van der Waals surface area contributed by atoms with E-state index in [2.05, 4.69) is 4.74 Å². The molecule has 74 valence electrons. The molecule has 0 bridgehead atoms. The fraction of sp³-hybridized carbons (Fsp3) is 0.750. The molecule has 0 amide bonds. The van der Waals surface area contributed by atoms with Gasteiger partial charge in [-0.05, 0) is 13.5 Å². The van der Waals surface area contributed by atoms with Crippen LogP contribution >= 0.6 is 0 Å². The first-order valence-electron chi connectivity index (χ1n) is 4.07. The van der Waals surface area contributed by atoms with Gasteiger partial charge in [0.2, 0.25) is 0 Å². The van der Waals surface area contributed by atoms with E-state index in [1.807, 2.05) is 0 Å². The molecule has 1 rings (SSSR count). The van der Waals surface area contributed by atoms with Gasteiger partial charge in [-0.3, -0.25) is 14.5 Å². The minimum Gasteiger partial charge on any atom is -0.481 e. The Kier molecular flexibility index (Phi) is 2.87. The van der Waals surface area contributed by atoms with Crippen LogP contribution in [-0.4, -0.2) is 48.7 Å². The number of rotatable bonds is 2. The maximum atomic E-state index is 11.1. The number of methoxy groups -OCH3 is 1. The van der Waals surface area contributed by atoms with Crippen LogP contribution in [0.1, 0.15) is 6.42 Å². The lowest BCUT2D eigenvalue weighted by atomic mass is 10.1. The zero-order valence-electron chi connectivity index (χ0n) is 7.69. The summed E-state index contributed by atoms with van der Waals surface area (Å²) in [6.07, 6.45) is 0.346. The highest BCUT2D eigenvalue weighted by atomic mass is 16.5. The number of hydrogen-bond acceptors (Lipinski definition) is 4. The van der Waals surface area contributed by atoms with E-state index >= 15 is 0 Å². The molecule has 1 N–H and O–H groups in total. The maximum Gasteiger partial charge on any atom is 0.323 e. The van der Waals surface area contributed by atoms with Crippen molar-refractivity contribution in [3.63, 3.8) is 0 Å². The molecule has 1 heterocycles. The number of carboxylic acids is 1. The third-order valence-corrected chi connectivity index (χ3v) is 2.37. The Balaban J connectivity index is 2.61. The molecule has 13 heavy (non-hydrogen) atoms. The number of esters is 1. The number of ether oxygens (including phenoxy) is 1. The second-order valence-corrected chi connectivity index (χ2v) is 3.25. The Hall–Kier alpha value is -1.10. The lowest BCUT2D eigenvalue weighted by molar-refractivity contribution is -0.145. The zero-order valence-corrected chi connectivity index (χ0v) is 7.69. The predicted octanol–water partition coefficient (Wildman–Crippen LogP) is -0.436. The van der Waals surface area contributed by atoms with Crippen molar-refractivity contribution >= 4 is 11.9 Å². The van der Waals surface area contributed by atoms with Crippen LogP contribution in [0, 0.1) is 5.92 Å². The summed E-state index contributed by atoms with van der Waals surface area (Å²) in [5.41, 5.74) is 0. The number of nitrogens with zero attached hydrogens (tertiary/aromatic N) is 1. The normalized spacial score (nSPS) is 28.8. The van der Waals surface area contributed by atoms with E-state index < -0.39 is 17.9 Å². The van der Waals surface area contributed by atoms with E-state index in [9.17, 15) is 9.59 Å². The minimum atomic E-state index is -0.849. The highest BCUT2D eigenvalue weighted by Crippen LogP contribution is 2.22. The Morgan fingerprint density at radius 2 is 2.15 bits per heavy atom. The summed E-state index contributed by atoms with van der Waals surface area (Å²) in [5.74, 6) is -1.65. The molecule has 1 aliphatic rings. The molecular weight excluding hydrogens is 174 g/mol. The van der Waals surface area contributed by atoms with Gasteiger partial charge in [0.15, 0.2) is 0 Å². The van der Waals surface area contributed by atoms with Gasteiger partial charge in [-0.2, -0.15) is 0 Å². The first-order valence-corrected chi connectivity index (χ1v) is 4.07. The van der Waals surface area contributed by atoms with E-state index in [0.717, 1.165) is 0 Å². The van der Waals surface area contributed by atoms with E-state index in [0.29, 0.717) is 13.0 Å². The first-order chi connectivity index (χ1) is 6.06. The lowest BCUT2D eigenvalue weighted by Crippen LogP contribution is -2.33. The van der Waals surface area contributed by atoms with Crippen LogP contribution in [0.25, 0.3) is 0 Å². The number of aliphatic carboxylic acids is 1. The van der Waals surface area contributed by atoms with Crippen LogP contribution in [0.5, 0.6) is 0 Å². The van der Waals surface area contributed by atoms with Gasteiger partial charge in [0.25, 0.3) is 0 Å². The van der Waals surface area contributed by atoms with Crippen LogP contribution < -0.4 is 0 Å². The Morgan fingerprint density at radius 1 is 1.54 bits per heavy atom. The standard InChI is InChI=1S/C8H13NO4/c1-9-4-5(7(10)11)3-6(9)8(12)13-2/h5-6H,3-4H2,1-2H3,(H,10,11)/t5-,6-/m0/s1. The van der Waals surface area contributed by atoms with Crippen molar-refractivity contribution in [3.8, 4) is 0 Å². The number of likely N-dealkylation sites (tertiary alicyclic amines) is 1. The van der Waals surface area contributed by atoms with Crippen molar-refractivity contribution in [2.24, 2.45) is 5.92 Å². The van der Waals surface area contributed by atoms with Gasteiger partial charge in [0.05, 0.1) is 13.0 Å². The number of carbonyl (C=O) groups is 2. The molecular formula is C8H13NO4. The Bertz CT molecular complexity index is 228. The van der Waals surface area contributed by atoms with Crippen molar-refractivity contribution in [2.75, 3.05) is 20.7 Å². The molecule has 2 atom stereocenters. The molecule has 0 aliphatic carbocycles. The van der Waals surface area contributed by atoms with Crippen LogP contribution in [0.4, 0.5) is 0 Å². The van der Waals surface area contributed by atoms with Crippen molar-refractivity contribution in [1.29, 1.82) is 0 Å². The first kappa shape index (κ1) is 9.98. The maximum absolute atomic E-state index is 11.1. The number of carboxylic acid groups (broad SMARTS) is 1. The van der Waals surface area contributed by atoms with Crippen LogP contribution in [0.15, 0.2) is 0 Å². The fourth-order valence-electron chi connectivity index (χ4n) is 1.59. The molecule has 0 radical (unpaired) electrons. The van der Waals surface area contributed by atoms with Crippen LogP contribution in [0.2, 0.25) is 0 Å². The van der Waals surface area contributed by atoms with Crippen molar-refractivity contribution in [2.45, 2.75) is 12.5 Å². The summed E-state index contributed by atoms with van der Waals surface area (Å²) in [5, 5.41) is 8.72. The molecule has 0 aromatic heterocycles. The summed E-state index contributed by atoms with van der Waals surface area (Å²) in [6, 6.07) is -0.397. The highest BCUT2D eigenvalue weighted by molar-refractivity contribution is 5.79. The summed E-state index contributed by atoms with van der Waals surface area (Å²) >= 11 is 0. The summed E-state index contributed by atoms with van der Waals surface area (Å²) in [7, 11) is 3.04. The van der Waals surface area contributed by atoms with Gasteiger partial charge < -0.3 is 9.84 Å². The smallest absolute Gasteiger partial charge is 0.323 e.